The quantitative estimate of drug-likeness (QED) is 0.573. The van der Waals surface area contributed by atoms with Crippen LogP contribution < -0.4 is 0 Å². The van der Waals surface area contributed by atoms with Gasteiger partial charge in [-0.25, -0.2) is 0 Å². The molecule has 3 heteroatoms. The first-order valence-electron chi connectivity index (χ1n) is 10.0. The lowest BCUT2D eigenvalue weighted by atomic mass is 9.74. The Labute approximate surface area is 172 Å². The van der Waals surface area contributed by atoms with Crippen LogP contribution in [0.4, 0.5) is 0 Å². The predicted octanol–water partition coefficient (Wildman–Crippen LogP) is 5.32. The fourth-order valence-corrected chi connectivity index (χ4v) is 4.14. The minimum atomic E-state index is -0.458. The van der Waals surface area contributed by atoms with Gasteiger partial charge < -0.3 is 0 Å². The zero-order valence-electron chi connectivity index (χ0n) is 17.0. The van der Waals surface area contributed by atoms with Crippen LogP contribution >= 0.6 is 0 Å². The predicted molar refractivity (Wildman–Crippen MR) is 117 cm³/mol. The van der Waals surface area contributed by atoms with E-state index < -0.39 is 5.41 Å². The lowest BCUT2D eigenvalue weighted by Gasteiger charge is -2.44. The molecule has 4 rings (SSSR count). The average molecular weight is 383 g/mol. The van der Waals surface area contributed by atoms with Crippen molar-refractivity contribution < 1.29 is 4.79 Å². The maximum atomic E-state index is 13.5. The van der Waals surface area contributed by atoms with Gasteiger partial charge in [-0.1, -0.05) is 80.6 Å². The van der Waals surface area contributed by atoms with Crippen LogP contribution in [-0.2, 0) is 11.3 Å². The molecule has 146 valence electrons. The first kappa shape index (κ1) is 19.3. The van der Waals surface area contributed by atoms with Crippen molar-refractivity contribution in [3.05, 3.63) is 107 Å². The summed E-state index contributed by atoms with van der Waals surface area (Å²) < 4.78 is 0. The summed E-state index contributed by atoms with van der Waals surface area (Å²) in [5, 5.41) is 0. The van der Waals surface area contributed by atoms with Gasteiger partial charge >= 0.3 is 0 Å². The highest BCUT2D eigenvalue weighted by Crippen LogP contribution is 2.42. The van der Waals surface area contributed by atoms with Gasteiger partial charge in [0, 0.05) is 30.3 Å². The Morgan fingerprint density at radius 1 is 0.966 bits per heavy atom. The Kier molecular flexibility index (Phi) is 5.41. The first-order chi connectivity index (χ1) is 14.0. The van der Waals surface area contributed by atoms with Crippen LogP contribution in [0.1, 0.15) is 36.7 Å². The highest BCUT2D eigenvalue weighted by atomic mass is 16.1. The Bertz CT molecular complexity index is 995. The van der Waals surface area contributed by atoms with Gasteiger partial charge in [-0.15, -0.1) is 0 Å². The average Bonchev–Trinajstić information content (AvgIpc) is 2.74. The molecule has 3 aromatic rings. The van der Waals surface area contributed by atoms with E-state index in [9.17, 15) is 4.79 Å². The fraction of sp³-hybridized carbons (Fsp3) is 0.231. The summed E-state index contributed by atoms with van der Waals surface area (Å²) in [6, 6.07) is 26.5. The second kappa shape index (κ2) is 8.14. The minimum Gasteiger partial charge on any atom is -0.294 e. The van der Waals surface area contributed by atoms with Crippen LogP contribution in [0.5, 0.6) is 0 Å². The Morgan fingerprint density at radius 2 is 1.62 bits per heavy atom. The molecule has 0 radical (unpaired) electrons. The summed E-state index contributed by atoms with van der Waals surface area (Å²) in [6.45, 7) is 5.58. The molecule has 1 aliphatic heterocycles. The van der Waals surface area contributed by atoms with E-state index in [2.05, 4.69) is 46.3 Å². The number of piperidine rings is 1. The van der Waals surface area contributed by atoms with Gasteiger partial charge in [-0.05, 0) is 29.3 Å². The smallest absolute Gasteiger partial charge is 0.167 e. The van der Waals surface area contributed by atoms with Crippen molar-refractivity contribution >= 4 is 11.9 Å². The molecular weight excluding hydrogens is 356 g/mol. The number of Topliss-reactive ketones (excluding diaryl/α,β-unsaturated/α-hetero) is 1. The monoisotopic (exact) mass is 382 g/mol. The van der Waals surface area contributed by atoms with Crippen LogP contribution in [0.15, 0.2) is 90.6 Å². The van der Waals surface area contributed by atoms with Crippen LogP contribution in [0.3, 0.4) is 0 Å². The summed E-state index contributed by atoms with van der Waals surface area (Å²) in [4.78, 5) is 20.4. The van der Waals surface area contributed by atoms with E-state index in [0.29, 0.717) is 6.54 Å². The zero-order chi connectivity index (χ0) is 20.3. The zero-order valence-corrected chi connectivity index (χ0v) is 17.0. The Hall–Kier alpha value is -3.04. The summed E-state index contributed by atoms with van der Waals surface area (Å²) in [5.41, 5.74) is 3.54. The number of hydrogen-bond acceptors (Lipinski definition) is 3. The van der Waals surface area contributed by atoms with E-state index >= 15 is 0 Å². The molecule has 1 saturated heterocycles. The van der Waals surface area contributed by atoms with Crippen LogP contribution in [0.25, 0.3) is 6.08 Å². The molecule has 1 aliphatic rings. The van der Waals surface area contributed by atoms with E-state index in [0.717, 1.165) is 23.4 Å². The molecule has 0 N–H and O–H groups in total. The molecule has 0 spiro atoms. The lowest BCUT2D eigenvalue weighted by Crippen LogP contribution is -2.49. The number of hydrogen-bond donors (Lipinski definition) is 0. The van der Waals surface area contributed by atoms with Gasteiger partial charge in [-0.3, -0.25) is 14.7 Å². The van der Waals surface area contributed by atoms with Gasteiger partial charge in [0.05, 0.1) is 11.7 Å². The largest absolute Gasteiger partial charge is 0.294 e. The maximum absolute atomic E-state index is 13.5. The van der Waals surface area contributed by atoms with Crippen molar-refractivity contribution in [3.8, 4) is 0 Å². The second-order valence-electron chi connectivity index (χ2n) is 8.27. The van der Waals surface area contributed by atoms with Crippen LogP contribution in [0, 0.1) is 5.41 Å². The molecule has 3 nitrogen and oxygen atoms in total. The summed E-state index contributed by atoms with van der Waals surface area (Å²) in [6.07, 6.45) is 3.74. The van der Waals surface area contributed by atoms with Crippen molar-refractivity contribution in [2.45, 2.75) is 26.4 Å². The van der Waals surface area contributed by atoms with Crippen LogP contribution in [-0.4, -0.2) is 22.2 Å². The number of carbonyl (C=O) groups is 1. The number of benzene rings is 2. The highest BCUT2D eigenvalue weighted by Gasteiger charge is 2.43. The Morgan fingerprint density at radius 3 is 2.28 bits per heavy atom. The molecule has 1 aromatic heterocycles. The molecular formula is C26H26N2O. The third-order valence-corrected chi connectivity index (χ3v) is 5.47. The maximum Gasteiger partial charge on any atom is 0.167 e. The van der Waals surface area contributed by atoms with E-state index in [1.165, 1.54) is 5.56 Å². The van der Waals surface area contributed by atoms with Gasteiger partial charge in [-0.2, -0.15) is 0 Å². The van der Waals surface area contributed by atoms with Gasteiger partial charge in [0.15, 0.2) is 5.78 Å². The number of ketones is 1. The molecule has 0 aliphatic carbocycles. The summed E-state index contributed by atoms with van der Waals surface area (Å²) in [7, 11) is 0. The number of pyridine rings is 1. The van der Waals surface area contributed by atoms with Crippen molar-refractivity contribution in [2.24, 2.45) is 5.41 Å². The number of carbonyl (C=O) groups excluding carboxylic acids is 1. The number of likely N-dealkylation sites (tertiary alicyclic amines) is 1. The Balaban J connectivity index is 1.83. The van der Waals surface area contributed by atoms with E-state index in [-0.39, 0.29) is 11.8 Å². The number of rotatable bonds is 4. The first-order valence-corrected chi connectivity index (χ1v) is 10.0. The van der Waals surface area contributed by atoms with Gasteiger partial charge in [0.1, 0.15) is 0 Å². The molecule has 2 heterocycles. The molecule has 2 aromatic carbocycles. The number of nitrogens with zero attached hydrogens (tertiary/aromatic N) is 2. The lowest BCUT2D eigenvalue weighted by molar-refractivity contribution is -0.128. The summed E-state index contributed by atoms with van der Waals surface area (Å²) >= 11 is 0. The minimum absolute atomic E-state index is 0.0982. The van der Waals surface area contributed by atoms with Crippen LogP contribution in [0.2, 0.25) is 0 Å². The van der Waals surface area contributed by atoms with Crippen molar-refractivity contribution in [1.29, 1.82) is 0 Å². The number of aromatic nitrogens is 1. The van der Waals surface area contributed by atoms with Crippen molar-refractivity contribution in [1.82, 2.24) is 9.88 Å². The molecule has 1 unspecified atom stereocenters. The summed E-state index contributed by atoms with van der Waals surface area (Å²) in [5.74, 6) is 0.196. The molecule has 0 amide bonds. The van der Waals surface area contributed by atoms with Gasteiger partial charge in [0.25, 0.3) is 0 Å². The van der Waals surface area contributed by atoms with E-state index in [1.807, 2.05) is 62.4 Å². The standard InChI is InChI=1S/C26H26N2O/c1-26(2)19-28(18-20-11-5-3-6-12-20)24(21-13-7-4-8-14-21)23(25(26)29)17-22-15-9-10-16-27-22/h3-17,24H,18-19H2,1-2H3/b23-17+. The molecule has 29 heavy (non-hydrogen) atoms. The van der Waals surface area contributed by atoms with Crippen molar-refractivity contribution in [2.75, 3.05) is 6.54 Å². The topological polar surface area (TPSA) is 33.2 Å². The molecule has 1 atom stereocenters. The molecule has 0 saturated carbocycles. The van der Waals surface area contributed by atoms with Gasteiger partial charge in [0.2, 0.25) is 0 Å². The van der Waals surface area contributed by atoms with Crippen molar-refractivity contribution in [3.63, 3.8) is 0 Å². The molecule has 0 bridgehead atoms. The van der Waals surface area contributed by atoms with E-state index in [1.54, 1.807) is 6.20 Å². The van der Waals surface area contributed by atoms with E-state index in [4.69, 9.17) is 0 Å². The second-order valence-corrected chi connectivity index (χ2v) is 8.27. The third-order valence-electron chi connectivity index (χ3n) is 5.47. The highest BCUT2D eigenvalue weighted by molar-refractivity contribution is 6.05. The normalized spacial score (nSPS) is 20.7. The molecule has 1 fully saturated rings. The third kappa shape index (κ3) is 4.20. The SMILES string of the molecule is CC1(C)CN(Cc2ccccc2)C(c2ccccc2)/C(=C\c2ccccn2)C1=O. The fourth-order valence-electron chi connectivity index (χ4n) is 4.14.